The number of nitrogens with zero attached hydrogens (tertiary/aromatic N) is 2. The fourth-order valence-electron chi connectivity index (χ4n) is 3.24. The fourth-order valence-corrected chi connectivity index (χ4v) is 4.47. The lowest BCUT2D eigenvalue weighted by Crippen LogP contribution is -2.29. The highest BCUT2D eigenvalue weighted by atomic mass is 32.2. The first-order valence-electron chi connectivity index (χ1n) is 9.85. The quantitative estimate of drug-likeness (QED) is 0.454. The summed E-state index contributed by atoms with van der Waals surface area (Å²) in [7, 11) is -2.71. The predicted molar refractivity (Wildman–Crippen MR) is 122 cm³/mol. The maximum atomic E-state index is 13.2. The van der Waals surface area contributed by atoms with E-state index in [4.69, 9.17) is 0 Å². The molecule has 0 saturated carbocycles. The van der Waals surface area contributed by atoms with Crippen LogP contribution in [0.15, 0.2) is 82.7 Å². The third-order valence-corrected chi connectivity index (χ3v) is 6.88. The molecule has 2 heterocycles. The number of H-pyrrole nitrogens is 1. The van der Waals surface area contributed by atoms with Crippen LogP contribution in [0.5, 0.6) is 0 Å². The van der Waals surface area contributed by atoms with Gasteiger partial charge in [0.2, 0.25) is 5.43 Å². The van der Waals surface area contributed by atoms with Crippen LogP contribution in [-0.2, 0) is 16.6 Å². The molecule has 4 aromatic rings. The highest BCUT2D eigenvalue weighted by Gasteiger charge is 2.23. The van der Waals surface area contributed by atoms with Crippen molar-refractivity contribution in [2.45, 2.75) is 11.4 Å². The van der Waals surface area contributed by atoms with Gasteiger partial charge in [0.05, 0.1) is 22.8 Å². The van der Waals surface area contributed by atoms with Crippen LogP contribution in [-0.4, -0.2) is 31.3 Å². The first kappa shape index (κ1) is 22.2. The number of pyridine rings is 2. The number of amides is 1. The second kappa shape index (κ2) is 8.83. The number of sulfonamides is 1. The first-order chi connectivity index (χ1) is 15.8. The Kier molecular flexibility index (Phi) is 5.93. The van der Waals surface area contributed by atoms with Crippen molar-refractivity contribution >= 4 is 32.5 Å². The molecular weight excluding hydrogens is 447 g/mol. The van der Waals surface area contributed by atoms with Gasteiger partial charge in [-0.3, -0.25) is 18.9 Å². The average molecular weight is 466 g/mol. The molecule has 0 saturated heterocycles. The molecule has 0 atom stereocenters. The largest absolute Gasteiger partial charge is 0.360 e. The molecule has 10 heteroatoms. The molecule has 0 aliphatic rings. The molecule has 4 rings (SSSR count). The zero-order valence-electron chi connectivity index (χ0n) is 17.4. The van der Waals surface area contributed by atoms with E-state index in [1.807, 2.05) is 0 Å². The molecule has 0 aliphatic heterocycles. The maximum Gasteiger partial charge on any atom is 0.264 e. The number of rotatable bonds is 6. The van der Waals surface area contributed by atoms with Crippen molar-refractivity contribution in [2.24, 2.45) is 0 Å². The smallest absolute Gasteiger partial charge is 0.264 e. The van der Waals surface area contributed by atoms with Gasteiger partial charge in [0.15, 0.2) is 0 Å². The lowest BCUT2D eigenvalue weighted by atomic mass is 10.1. The first-order valence-corrected chi connectivity index (χ1v) is 11.3. The van der Waals surface area contributed by atoms with Gasteiger partial charge in [0, 0.05) is 30.3 Å². The lowest BCUT2D eigenvalue weighted by molar-refractivity contribution is 0.0949. The summed E-state index contributed by atoms with van der Waals surface area (Å²) in [5.41, 5.74) is 0.501. The number of halogens is 1. The van der Waals surface area contributed by atoms with E-state index in [0.29, 0.717) is 11.2 Å². The van der Waals surface area contributed by atoms with Crippen LogP contribution >= 0.6 is 0 Å². The number of hydrogen-bond acceptors (Lipinski definition) is 5. The summed E-state index contributed by atoms with van der Waals surface area (Å²) in [6, 6.07) is 14.3. The summed E-state index contributed by atoms with van der Waals surface area (Å²) in [5.74, 6) is -1.10. The number of carbonyl (C=O) groups is 1. The minimum atomic E-state index is -4.04. The van der Waals surface area contributed by atoms with Gasteiger partial charge in [-0.15, -0.1) is 0 Å². The zero-order valence-corrected chi connectivity index (χ0v) is 18.3. The molecule has 0 aliphatic carbocycles. The van der Waals surface area contributed by atoms with Crippen molar-refractivity contribution in [3.8, 4) is 0 Å². The minimum absolute atomic E-state index is 0.0501. The Labute approximate surface area is 188 Å². The number of aromatic amines is 1. The number of nitrogens with one attached hydrogen (secondary N) is 2. The predicted octanol–water partition coefficient (Wildman–Crippen LogP) is 2.82. The van der Waals surface area contributed by atoms with Crippen molar-refractivity contribution in [3.05, 3.63) is 100 Å². The van der Waals surface area contributed by atoms with Crippen LogP contribution in [0.4, 0.5) is 10.1 Å². The van der Waals surface area contributed by atoms with Crippen LogP contribution in [0.1, 0.15) is 16.1 Å². The van der Waals surface area contributed by atoms with Gasteiger partial charge in [-0.1, -0.05) is 6.07 Å². The topological polar surface area (TPSA) is 112 Å². The molecule has 2 aromatic heterocycles. The molecule has 0 unspecified atom stereocenters. The molecule has 8 nitrogen and oxygen atoms in total. The number of anilines is 1. The third-order valence-electron chi connectivity index (χ3n) is 5.10. The summed E-state index contributed by atoms with van der Waals surface area (Å²) in [5, 5.41) is 2.68. The van der Waals surface area contributed by atoms with E-state index in [1.165, 1.54) is 43.6 Å². The van der Waals surface area contributed by atoms with Gasteiger partial charge in [0.25, 0.3) is 15.9 Å². The van der Waals surface area contributed by atoms with Crippen LogP contribution < -0.4 is 15.1 Å². The van der Waals surface area contributed by atoms with Gasteiger partial charge >= 0.3 is 0 Å². The summed E-state index contributed by atoms with van der Waals surface area (Å²) < 4.78 is 40.4. The van der Waals surface area contributed by atoms with Crippen LogP contribution in [0.2, 0.25) is 0 Å². The van der Waals surface area contributed by atoms with E-state index in [0.717, 1.165) is 16.4 Å². The van der Waals surface area contributed by atoms with Gasteiger partial charge < -0.3 is 10.3 Å². The van der Waals surface area contributed by atoms with Crippen molar-refractivity contribution in [2.75, 3.05) is 11.4 Å². The Morgan fingerprint density at radius 1 is 1.12 bits per heavy atom. The van der Waals surface area contributed by atoms with Crippen molar-refractivity contribution < 1.29 is 17.6 Å². The summed E-state index contributed by atoms with van der Waals surface area (Å²) >= 11 is 0. The molecule has 33 heavy (non-hydrogen) atoms. The Hall–Kier alpha value is -4.05. The summed E-state index contributed by atoms with van der Waals surface area (Å²) in [6.45, 7) is 0.133. The van der Waals surface area contributed by atoms with Crippen LogP contribution in [0.25, 0.3) is 10.9 Å². The summed E-state index contributed by atoms with van der Waals surface area (Å²) in [6.07, 6.45) is 2.88. The van der Waals surface area contributed by atoms with Crippen molar-refractivity contribution in [1.82, 2.24) is 15.3 Å². The van der Waals surface area contributed by atoms with Gasteiger partial charge in [-0.2, -0.15) is 0 Å². The fraction of sp³-hybridized carbons (Fsp3) is 0.0870. The molecule has 0 spiro atoms. The van der Waals surface area contributed by atoms with Gasteiger partial charge in [0.1, 0.15) is 11.4 Å². The van der Waals surface area contributed by atoms with E-state index < -0.39 is 27.2 Å². The standard InChI is InChI=1S/C23H19FN4O4S/c1-28(17-7-5-15(24)6-8-17)33(31,32)18-9-10-21-19(12-18)22(29)20(14-26-21)23(30)27-13-16-4-2-3-11-25-16/h2-12,14H,13H2,1H3,(H,26,29)(H,27,30). The van der Waals surface area contributed by atoms with E-state index in [9.17, 15) is 22.4 Å². The SMILES string of the molecule is CN(c1ccc(F)cc1)S(=O)(=O)c1ccc2[nH]cc(C(=O)NCc3ccccn3)c(=O)c2c1. The highest BCUT2D eigenvalue weighted by Crippen LogP contribution is 2.24. The van der Waals surface area contributed by atoms with E-state index >= 15 is 0 Å². The van der Waals surface area contributed by atoms with Crippen LogP contribution in [0.3, 0.4) is 0 Å². The monoisotopic (exact) mass is 466 g/mol. The maximum absolute atomic E-state index is 13.2. The molecule has 0 radical (unpaired) electrons. The second-order valence-electron chi connectivity index (χ2n) is 7.19. The number of carbonyl (C=O) groups excluding carboxylic acids is 1. The second-order valence-corrected chi connectivity index (χ2v) is 9.16. The van der Waals surface area contributed by atoms with Gasteiger partial charge in [-0.05, 0) is 54.6 Å². The number of aromatic nitrogens is 2. The molecule has 2 aromatic carbocycles. The van der Waals surface area contributed by atoms with Gasteiger partial charge in [-0.25, -0.2) is 12.8 Å². The number of fused-ring (bicyclic) bond motifs is 1. The van der Waals surface area contributed by atoms with E-state index in [2.05, 4.69) is 15.3 Å². The molecular formula is C23H19FN4O4S. The molecule has 2 N–H and O–H groups in total. The number of benzene rings is 2. The Balaban J connectivity index is 1.66. The Morgan fingerprint density at radius 3 is 2.58 bits per heavy atom. The molecule has 1 amide bonds. The molecule has 168 valence electrons. The lowest BCUT2D eigenvalue weighted by Gasteiger charge is -2.19. The zero-order chi connectivity index (χ0) is 23.6. The Bertz CT molecular complexity index is 1490. The molecule has 0 bridgehead atoms. The van der Waals surface area contributed by atoms with Crippen molar-refractivity contribution in [1.29, 1.82) is 0 Å². The average Bonchev–Trinajstić information content (AvgIpc) is 2.83. The number of hydrogen-bond donors (Lipinski definition) is 2. The Morgan fingerprint density at radius 2 is 1.88 bits per heavy atom. The summed E-state index contributed by atoms with van der Waals surface area (Å²) in [4.78, 5) is 32.4. The highest BCUT2D eigenvalue weighted by molar-refractivity contribution is 7.92. The van der Waals surface area contributed by atoms with Crippen molar-refractivity contribution in [3.63, 3.8) is 0 Å². The third kappa shape index (κ3) is 4.46. The van der Waals surface area contributed by atoms with E-state index in [1.54, 1.807) is 24.4 Å². The molecule has 0 fully saturated rings. The normalized spacial score (nSPS) is 11.3. The van der Waals surface area contributed by atoms with E-state index in [-0.39, 0.29) is 28.1 Å². The van der Waals surface area contributed by atoms with Crippen LogP contribution in [0, 0.1) is 5.82 Å². The minimum Gasteiger partial charge on any atom is -0.360 e.